The number of benzene rings is 3. The van der Waals surface area contributed by atoms with Gasteiger partial charge in [0.15, 0.2) is 0 Å². The van der Waals surface area contributed by atoms with E-state index >= 15 is 0 Å². The van der Waals surface area contributed by atoms with Crippen molar-refractivity contribution >= 4 is 29.0 Å². The molecule has 2 amide bonds. The Balaban J connectivity index is 1.76. The van der Waals surface area contributed by atoms with Crippen LogP contribution in [0.3, 0.4) is 0 Å². The van der Waals surface area contributed by atoms with Gasteiger partial charge in [-0.3, -0.25) is 14.4 Å². The number of para-hydroxylation sites is 2. The molecule has 35 heavy (non-hydrogen) atoms. The van der Waals surface area contributed by atoms with E-state index < -0.39 is 41.0 Å². The summed E-state index contributed by atoms with van der Waals surface area (Å²) in [5.41, 5.74) is 1.27. The Kier molecular flexibility index (Phi) is 7.12. The second-order valence-electron chi connectivity index (χ2n) is 9.29. The molecule has 0 spiro atoms. The molecule has 1 aliphatic rings. The number of rotatable bonds is 6. The Hall–Kier alpha value is -3.77. The lowest BCUT2D eigenvalue weighted by atomic mass is 9.61. The molecule has 4 atom stereocenters. The number of nitrogens with one attached hydrogen (secondary N) is 2. The number of Topliss-reactive ketones (excluding diaryl/α,β-unsaturated/α-hetero) is 1. The molecule has 3 aromatic carbocycles. The summed E-state index contributed by atoms with van der Waals surface area (Å²) >= 11 is 0. The zero-order chi connectivity index (χ0) is 25.0. The number of amides is 2. The third-order valence-electron chi connectivity index (χ3n) is 6.69. The van der Waals surface area contributed by atoms with Gasteiger partial charge in [0.2, 0.25) is 11.8 Å². The van der Waals surface area contributed by atoms with Gasteiger partial charge in [0, 0.05) is 23.7 Å². The van der Waals surface area contributed by atoms with Gasteiger partial charge >= 0.3 is 0 Å². The minimum Gasteiger partial charge on any atom is -0.389 e. The summed E-state index contributed by atoms with van der Waals surface area (Å²) in [5, 5.41) is 17.1. The standard InChI is InChI=1S/C29H30N2O4/c1-3-19-14-16-20(17-15-19)24-25(27(33)30-21-10-6-4-7-11-21)23(32)18-29(2,35)26(24)28(34)31-22-12-8-5-9-13-22/h4-17,24-26,35H,3,18H2,1-2H3,(H,30,33)(H,31,34)/t24-,25-,26+,29-/m1/s1. The lowest BCUT2D eigenvalue weighted by Gasteiger charge is -2.44. The van der Waals surface area contributed by atoms with Crippen LogP contribution in [0.1, 0.15) is 37.3 Å². The van der Waals surface area contributed by atoms with Crippen molar-refractivity contribution in [3.63, 3.8) is 0 Å². The van der Waals surface area contributed by atoms with E-state index in [0.717, 1.165) is 12.0 Å². The minimum absolute atomic E-state index is 0.295. The molecule has 3 N–H and O–H groups in total. The van der Waals surface area contributed by atoms with Crippen LogP contribution in [0.15, 0.2) is 84.9 Å². The molecule has 6 heteroatoms. The van der Waals surface area contributed by atoms with Crippen LogP contribution in [0.5, 0.6) is 0 Å². The molecule has 0 aromatic heterocycles. The van der Waals surface area contributed by atoms with Crippen molar-refractivity contribution in [2.24, 2.45) is 11.8 Å². The van der Waals surface area contributed by atoms with Gasteiger partial charge in [0.25, 0.3) is 0 Å². The van der Waals surface area contributed by atoms with E-state index in [1.165, 1.54) is 6.92 Å². The predicted molar refractivity (Wildman–Crippen MR) is 136 cm³/mol. The molecule has 1 aliphatic carbocycles. The van der Waals surface area contributed by atoms with Crippen LogP contribution in [0.25, 0.3) is 0 Å². The molecule has 3 aromatic rings. The third kappa shape index (κ3) is 5.33. The van der Waals surface area contributed by atoms with Crippen LogP contribution in [-0.4, -0.2) is 28.3 Å². The topological polar surface area (TPSA) is 95.5 Å². The Morgan fingerprint density at radius 1 is 0.857 bits per heavy atom. The van der Waals surface area contributed by atoms with Crippen molar-refractivity contribution in [2.75, 3.05) is 10.6 Å². The highest BCUT2D eigenvalue weighted by Gasteiger charge is 2.55. The van der Waals surface area contributed by atoms with Crippen molar-refractivity contribution in [1.29, 1.82) is 0 Å². The van der Waals surface area contributed by atoms with E-state index in [0.29, 0.717) is 16.9 Å². The molecular weight excluding hydrogens is 440 g/mol. The summed E-state index contributed by atoms with van der Waals surface area (Å²) in [6.45, 7) is 3.54. The van der Waals surface area contributed by atoms with E-state index in [4.69, 9.17) is 0 Å². The summed E-state index contributed by atoms with van der Waals surface area (Å²) in [6, 6.07) is 25.4. The molecule has 0 unspecified atom stereocenters. The van der Waals surface area contributed by atoms with Crippen molar-refractivity contribution in [3.8, 4) is 0 Å². The van der Waals surface area contributed by atoms with E-state index in [-0.39, 0.29) is 6.42 Å². The normalized spacial score (nSPS) is 24.0. The van der Waals surface area contributed by atoms with Crippen LogP contribution in [0.4, 0.5) is 11.4 Å². The SMILES string of the molecule is CCc1ccc([C@@H]2[C@H](C(=O)Nc3ccccc3)C(=O)C[C@@](C)(O)[C@@H]2C(=O)Nc2ccccc2)cc1. The highest BCUT2D eigenvalue weighted by atomic mass is 16.3. The largest absolute Gasteiger partial charge is 0.389 e. The van der Waals surface area contributed by atoms with Crippen LogP contribution < -0.4 is 10.6 Å². The number of aryl methyl sites for hydroxylation is 1. The molecular formula is C29H30N2O4. The fourth-order valence-electron chi connectivity index (χ4n) is 4.95. The maximum absolute atomic E-state index is 13.6. The minimum atomic E-state index is -1.63. The van der Waals surface area contributed by atoms with Gasteiger partial charge in [-0.25, -0.2) is 0 Å². The second kappa shape index (κ2) is 10.2. The van der Waals surface area contributed by atoms with Gasteiger partial charge in [0.05, 0.1) is 11.5 Å². The molecule has 0 bridgehead atoms. The number of ketones is 1. The quantitative estimate of drug-likeness (QED) is 0.460. The van der Waals surface area contributed by atoms with E-state index in [1.54, 1.807) is 48.5 Å². The average Bonchev–Trinajstić information content (AvgIpc) is 2.84. The van der Waals surface area contributed by atoms with Gasteiger partial charge in [-0.1, -0.05) is 67.6 Å². The average molecular weight is 471 g/mol. The second-order valence-corrected chi connectivity index (χ2v) is 9.29. The first-order valence-electron chi connectivity index (χ1n) is 11.9. The molecule has 4 rings (SSSR count). The molecule has 0 heterocycles. The van der Waals surface area contributed by atoms with Crippen molar-refractivity contribution in [1.82, 2.24) is 0 Å². The molecule has 6 nitrogen and oxygen atoms in total. The lowest BCUT2D eigenvalue weighted by Crippen LogP contribution is -2.56. The fourth-order valence-corrected chi connectivity index (χ4v) is 4.95. The molecule has 0 saturated heterocycles. The van der Waals surface area contributed by atoms with Crippen molar-refractivity contribution in [2.45, 2.75) is 38.2 Å². The van der Waals surface area contributed by atoms with Crippen LogP contribution in [0.2, 0.25) is 0 Å². The summed E-state index contributed by atoms with van der Waals surface area (Å²) in [5.74, 6) is -4.32. The van der Waals surface area contributed by atoms with Crippen molar-refractivity contribution < 1.29 is 19.5 Å². The Morgan fingerprint density at radius 2 is 1.37 bits per heavy atom. The van der Waals surface area contributed by atoms with Gasteiger partial charge in [-0.2, -0.15) is 0 Å². The lowest BCUT2D eigenvalue weighted by molar-refractivity contribution is -0.150. The maximum atomic E-state index is 13.6. The van der Waals surface area contributed by atoms with Crippen molar-refractivity contribution in [3.05, 3.63) is 96.1 Å². The first-order valence-corrected chi connectivity index (χ1v) is 11.9. The number of anilines is 2. The first-order chi connectivity index (χ1) is 16.8. The monoisotopic (exact) mass is 470 g/mol. The summed E-state index contributed by atoms with van der Waals surface area (Å²) in [6.07, 6.45) is 0.535. The van der Waals surface area contributed by atoms with Crippen LogP contribution in [-0.2, 0) is 20.8 Å². The zero-order valence-electron chi connectivity index (χ0n) is 19.9. The summed E-state index contributed by atoms with van der Waals surface area (Å²) < 4.78 is 0. The number of aliphatic hydroxyl groups is 1. The molecule has 0 radical (unpaired) electrons. The number of carbonyl (C=O) groups excluding carboxylic acids is 3. The summed E-state index contributed by atoms with van der Waals surface area (Å²) in [7, 11) is 0. The van der Waals surface area contributed by atoms with E-state index in [2.05, 4.69) is 10.6 Å². The van der Waals surface area contributed by atoms with Crippen LogP contribution in [0, 0.1) is 11.8 Å². The molecule has 180 valence electrons. The Morgan fingerprint density at radius 3 is 1.89 bits per heavy atom. The highest BCUT2D eigenvalue weighted by Crippen LogP contribution is 2.46. The smallest absolute Gasteiger partial charge is 0.235 e. The van der Waals surface area contributed by atoms with Gasteiger partial charge in [-0.05, 0) is 48.7 Å². The highest BCUT2D eigenvalue weighted by molar-refractivity contribution is 6.10. The number of hydrogen-bond donors (Lipinski definition) is 3. The Bertz CT molecular complexity index is 1190. The molecule has 1 fully saturated rings. The number of carbonyl (C=O) groups is 3. The molecule has 1 saturated carbocycles. The zero-order valence-corrected chi connectivity index (χ0v) is 19.9. The fraction of sp³-hybridized carbons (Fsp3) is 0.276. The first kappa shape index (κ1) is 24.4. The van der Waals surface area contributed by atoms with Gasteiger partial charge < -0.3 is 15.7 Å². The predicted octanol–water partition coefficient (Wildman–Crippen LogP) is 4.57. The summed E-state index contributed by atoms with van der Waals surface area (Å²) in [4.78, 5) is 40.4. The van der Waals surface area contributed by atoms with Crippen LogP contribution >= 0.6 is 0 Å². The van der Waals surface area contributed by atoms with E-state index in [9.17, 15) is 19.5 Å². The van der Waals surface area contributed by atoms with Gasteiger partial charge in [-0.15, -0.1) is 0 Å². The Labute approximate surface area is 205 Å². The molecule has 0 aliphatic heterocycles. The van der Waals surface area contributed by atoms with E-state index in [1.807, 2.05) is 43.3 Å². The third-order valence-corrected chi connectivity index (χ3v) is 6.69. The number of hydrogen-bond acceptors (Lipinski definition) is 4. The van der Waals surface area contributed by atoms with Gasteiger partial charge in [0.1, 0.15) is 11.7 Å². The maximum Gasteiger partial charge on any atom is 0.235 e.